The van der Waals surface area contributed by atoms with Gasteiger partial charge in [0.05, 0.1) is 6.61 Å². The second kappa shape index (κ2) is 8.14. The highest BCUT2D eigenvalue weighted by Crippen LogP contribution is 2.18. The standard InChI is InChI=1S/C18H22N6O/c1-3-25-15-6-4-13(5-7-15)8-10-20-16-12-14(9-11-21-16)17-22-18(19-2)24-23-17/h4-7,9,11-12H,3,8,10H2,1-2H3,(H,20,21)(H2,19,22,23,24). The molecule has 0 bridgehead atoms. The van der Waals surface area contributed by atoms with E-state index in [-0.39, 0.29) is 0 Å². The van der Waals surface area contributed by atoms with Crippen LogP contribution in [0, 0.1) is 0 Å². The fourth-order valence-corrected chi connectivity index (χ4v) is 2.43. The van der Waals surface area contributed by atoms with Crippen LogP contribution in [-0.2, 0) is 6.42 Å². The van der Waals surface area contributed by atoms with Crippen molar-refractivity contribution in [2.75, 3.05) is 30.8 Å². The summed E-state index contributed by atoms with van der Waals surface area (Å²) in [6.07, 6.45) is 2.67. The topological polar surface area (TPSA) is 87.8 Å². The highest BCUT2D eigenvalue weighted by Gasteiger charge is 2.05. The number of aromatic amines is 1. The number of ether oxygens (including phenoxy) is 1. The Bertz CT molecular complexity index is 799. The molecule has 0 amide bonds. The Balaban J connectivity index is 1.57. The Morgan fingerprint density at radius 2 is 2.00 bits per heavy atom. The van der Waals surface area contributed by atoms with E-state index >= 15 is 0 Å². The van der Waals surface area contributed by atoms with Gasteiger partial charge >= 0.3 is 0 Å². The maximum atomic E-state index is 5.46. The largest absolute Gasteiger partial charge is 0.494 e. The third-order valence-corrected chi connectivity index (χ3v) is 3.70. The minimum absolute atomic E-state index is 0.567. The molecule has 0 aliphatic carbocycles. The number of aromatic nitrogens is 4. The molecule has 7 nitrogen and oxygen atoms in total. The molecule has 25 heavy (non-hydrogen) atoms. The third kappa shape index (κ3) is 4.47. The van der Waals surface area contributed by atoms with Gasteiger partial charge in [0.25, 0.3) is 0 Å². The number of nitrogens with zero attached hydrogens (tertiary/aromatic N) is 3. The summed E-state index contributed by atoms with van der Waals surface area (Å²) in [4.78, 5) is 8.70. The Kier molecular flexibility index (Phi) is 5.46. The summed E-state index contributed by atoms with van der Waals surface area (Å²) in [7, 11) is 1.79. The van der Waals surface area contributed by atoms with E-state index in [9.17, 15) is 0 Å². The molecular formula is C18H22N6O. The lowest BCUT2D eigenvalue weighted by atomic mass is 10.1. The molecule has 0 aliphatic rings. The SMILES string of the molecule is CCOc1ccc(CCNc2cc(-c3nc(NC)n[nH]3)ccn2)cc1. The van der Waals surface area contributed by atoms with Gasteiger partial charge in [-0.15, -0.1) is 5.10 Å². The molecule has 7 heteroatoms. The predicted molar refractivity (Wildman–Crippen MR) is 99.0 cm³/mol. The minimum atomic E-state index is 0.567. The van der Waals surface area contributed by atoms with Gasteiger partial charge in [-0.3, -0.25) is 5.10 Å². The van der Waals surface area contributed by atoms with Crippen LogP contribution in [0.1, 0.15) is 12.5 Å². The molecule has 3 N–H and O–H groups in total. The Hall–Kier alpha value is -3.09. The van der Waals surface area contributed by atoms with Crippen LogP contribution in [0.4, 0.5) is 11.8 Å². The smallest absolute Gasteiger partial charge is 0.242 e. The molecular weight excluding hydrogens is 316 g/mol. The van der Waals surface area contributed by atoms with E-state index in [1.54, 1.807) is 13.2 Å². The zero-order valence-electron chi connectivity index (χ0n) is 14.4. The molecule has 0 saturated heterocycles. The Labute approximate surface area is 146 Å². The molecule has 0 saturated carbocycles. The van der Waals surface area contributed by atoms with E-state index in [1.165, 1.54) is 5.56 Å². The zero-order valence-corrected chi connectivity index (χ0v) is 14.4. The van der Waals surface area contributed by atoms with Crippen molar-refractivity contribution in [3.05, 3.63) is 48.2 Å². The van der Waals surface area contributed by atoms with Crippen molar-refractivity contribution >= 4 is 11.8 Å². The first-order valence-corrected chi connectivity index (χ1v) is 8.30. The lowest BCUT2D eigenvalue weighted by molar-refractivity contribution is 0.340. The number of pyridine rings is 1. The lowest BCUT2D eigenvalue weighted by Crippen LogP contribution is -2.06. The fraction of sp³-hybridized carbons (Fsp3) is 0.278. The molecule has 3 rings (SSSR count). The van der Waals surface area contributed by atoms with Gasteiger partial charge in [-0.1, -0.05) is 12.1 Å². The molecule has 0 unspecified atom stereocenters. The third-order valence-electron chi connectivity index (χ3n) is 3.70. The number of nitrogens with one attached hydrogen (secondary N) is 3. The number of hydrogen-bond acceptors (Lipinski definition) is 6. The molecule has 2 aromatic heterocycles. The van der Waals surface area contributed by atoms with E-state index < -0.39 is 0 Å². The summed E-state index contributed by atoms with van der Waals surface area (Å²) < 4.78 is 5.46. The molecule has 0 atom stereocenters. The average Bonchev–Trinajstić information content (AvgIpc) is 3.13. The quantitative estimate of drug-likeness (QED) is 0.585. The normalized spacial score (nSPS) is 10.5. The van der Waals surface area contributed by atoms with Gasteiger partial charge < -0.3 is 15.4 Å². The Morgan fingerprint density at radius 3 is 2.72 bits per heavy atom. The van der Waals surface area contributed by atoms with Crippen molar-refractivity contribution in [1.82, 2.24) is 20.2 Å². The summed E-state index contributed by atoms with van der Waals surface area (Å²) in [6, 6.07) is 12.0. The first kappa shape index (κ1) is 16.8. The number of hydrogen-bond donors (Lipinski definition) is 3. The molecule has 0 fully saturated rings. The molecule has 0 radical (unpaired) electrons. The van der Waals surface area contributed by atoms with Crippen molar-refractivity contribution in [3.63, 3.8) is 0 Å². The van der Waals surface area contributed by atoms with Gasteiger partial charge in [0.15, 0.2) is 5.82 Å². The van der Waals surface area contributed by atoms with Crippen LogP contribution < -0.4 is 15.4 Å². The second-order valence-electron chi connectivity index (χ2n) is 5.44. The predicted octanol–water partition coefficient (Wildman–Crippen LogP) is 2.96. The van der Waals surface area contributed by atoms with E-state index in [0.29, 0.717) is 18.4 Å². The molecule has 2 heterocycles. The highest BCUT2D eigenvalue weighted by atomic mass is 16.5. The van der Waals surface area contributed by atoms with E-state index in [2.05, 4.69) is 42.9 Å². The number of benzene rings is 1. The first-order chi connectivity index (χ1) is 12.3. The summed E-state index contributed by atoms with van der Waals surface area (Å²) >= 11 is 0. The van der Waals surface area contributed by atoms with Crippen molar-refractivity contribution in [2.45, 2.75) is 13.3 Å². The number of rotatable bonds is 8. The monoisotopic (exact) mass is 338 g/mol. The highest BCUT2D eigenvalue weighted by molar-refractivity contribution is 5.60. The molecule has 3 aromatic rings. The van der Waals surface area contributed by atoms with Crippen LogP contribution in [0.3, 0.4) is 0 Å². The second-order valence-corrected chi connectivity index (χ2v) is 5.44. The fourth-order valence-electron chi connectivity index (χ4n) is 2.43. The van der Waals surface area contributed by atoms with Crippen LogP contribution in [0.25, 0.3) is 11.4 Å². The van der Waals surface area contributed by atoms with Gasteiger partial charge in [-0.2, -0.15) is 4.98 Å². The zero-order chi connectivity index (χ0) is 17.5. The van der Waals surface area contributed by atoms with Crippen LogP contribution in [0.5, 0.6) is 5.75 Å². The first-order valence-electron chi connectivity index (χ1n) is 8.30. The average molecular weight is 338 g/mol. The van der Waals surface area contributed by atoms with Crippen LogP contribution in [0.15, 0.2) is 42.6 Å². The minimum Gasteiger partial charge on any atom is -0.494 e. The van der Waals surface area contributed by atoms with Crippen molar-refractivity contribution in [1.29, 1.82) is 0 Å². The summed E-state index contributed by atoms with van der Waals surface area (Å²) in [6.45, 7) is 3.46. The summed E-state index contributed by atoms with van der Waals surface area (Å²) in [5, 5.41) is 13.2. The maximum Gasteiger partial charge on any atom is 0.242 e. The number of H-pyrrole nitrogens is 1. The molecule has 0 spiro atoms. The van der Waals surface area contributed by atoms with Gasteiger partial charge in [-0.05, 0) is 43.2 Å². The van der Waals surface area contributed by atoms with Gasteiger partial charge in [0, 0.05) is 25.4 Å². The molecule has 130 valence electrons. The van der Waals surface area contributed by atoms with Crippen LogP contribution >= 0.6 is 0 Å². The summed E-state index contributed by atoms with van der Waals surface area (Å²) in [5.41, 5.74) is 2.19. The summed E-state index contributed by atoms with van der Waals surface area (Å²) in [5.74, 6) is 2.99. The van der Waals surface area contributed by atoms with Gasteiger partial charge in [-0.25, -0.2) is 4.98 Å². The maximum absolute atomic E-state index is 5.46. The van der Waals surface area contributed by atoms with Crippen molar-refractivity contribution in [3.8, 4) is 17.1 Å². The lowest BCUT2D eigenvalue weighted by Gasteiger charge is -2.08. The Morgan fingerprint density at radius 1 is 1.16 bits per heavy atom. The molecule has 1 aromatic carbocycles. The van der Waals surface area contributed by atoms with Crippen molar-refractivity contribution < 1.29 is 4.74 Å². The van der Waals surface area contributed by atoms with Gasteiger partial charge in [0.1, 0.15) is 11.6 Å². The van der Waals surface area contributed by atoms with E-state index in [1.807, 2.05) is 31.2 Å². The molecule has 0 aliphatic heterocycles. The van der Waals surface area contributed by atoms with Crippen LogP contribution in [-0.4, -0.2) is 40.4 Å². The van der Waals surface area contributed by atoms with Crippen molar-refractivity contribution in [2.24, 2.45) is 0 Å². The van der Waals surface area contributed by atoms with E-state index in [0.717, 1.165) is 30.1 Å². The van der Waals surface area contributed by atoms with Crippen LogP contribution in [0.2, 0.25) is 0 Å². The number of anilines is 2. The van der Waals surface area contributed by atoms with Gasteiger partial charge in [0.2, 0.25) is 5.95 Å². The van der Waals surface area contributed by atoms with E-state index in [4.69, 9.17) is 4.74 Å².